The third-order valence-corrected chi connectivity index (χ3v) is 6.72. The molecule has 0 aliphatic carbocycles. The molecule has 7 nitrogen and oxygen atoms in total. The molecule has 1 amide bonds. The summed E-state index contributed by atoms with van der Waals surface area (Å²) in [6.45, 7) is 2.18. The van der Waals surface area contributed by atoms with Gasteiger partial charge >= 0.3 is 0 Å². The van der Waals surface area contributed by atoms with Gasteiger partial charge in [0.1, 0.15) is 11.5 Å². The van der Waals surface area contributed by atoms with Crippen molar-refractivity contribution in [2.24, 2.45) is 0 Å². The Hall–Kier alpha value is -3.52. The number of nitrogens with zero attached hydrogens (tertiary/aromatic N) is 1. The average molecular weight is 453 g/mol. The fourth-order valence-corrected chi connectivity index (χ4v) is 5.11. The fraction of sp³-hybridized carbons (Fsp3) is 0.208. The van der Waals surface area contributed by atoms with Gasteiger partial charge in [0.15, 0.2) is 6.10 Å². The van der Waals surface area contributed by atoms with Gasteiger partial charge in [-0.3, -0.25) is 9.10 Å². The summed E-state index contributed by atoms with van der Waals surface area (Å²) < 4.78 is 39.3. The second kappa shape index (κ2) is 9.32. The zero-order valence-corrected chi connectivity index (χ0v) is 18.4. The Morgan fingerprint density at radius 3 is 2.50 bits per heavy atom. The molecule has 0 spiro atoms. The molecule has 1 atom stereocenters. The molecule has 0 bridgehead atoms. The van der Waals surface area contributed by atoms with E-state index in [9.17, 15) is 13.2 Å². The first-order valence-electron chi connectivity index (χ1n) is 10.3. The number of hydrogen-bond acceptors (Lipinski definition) is 5. The summed E-state index contributed by atoms with van der Waals surface area (Å²) in [6, 6.07) is 22.8. The van der Waals surface area contributed by atoms with E-state index in [1.54, 1.807) is 66.7 Å². The van der Waals surface area contributed by atoms with Gasteiger partial charge in [0.2, 0.25) is 10.0 Å². The average Bonchev–Trinajstić information content (AvgIpc) is 2.80. The molecule has 3 aromatic carbocycles. The van der Waals surface area contributed by atoms with Gasteiger partial charge in [-0.2, -0.15) is 0 Å². The van der Waals surface area contributed by atoms with Gasteiger partial charge in [-0.1, -0.05) is 54.6 Å². The van der Waals surface area contributed by atoms with Crippen LogP contribution in [0, 0.1) is 0 Å². The van der Waals surface area contributed by atoms with E-state index in [1.165, 1.54) is 4.31 Å². The molecule has 3 aromatic rings. The summed E-state index contributed by atoms with van der Waals surface area (Å²) in [6.07, 6.45) is -1.02. The zero-order valence-electron chi connectivity index (χ0n) is 17.6. The molecule has 1 N–H and O–H groups in total. The van der Waals surface area contributed by atoms with Crippen LogP contribution in [0.2, 0.25) is 0 Å². The molecule has 0 fully saturated rings. The van der Waals surface area contributed by atoms with Crippen molar-refractivity contribution in [2.45, 2.75) is 18.8 Å². The van der Waals surface area contributed by atoms with E-state index in [0.29, 0.717) is 35.0 Å². The smallest absolute Gasteiger partial charge is 0.267 e. The normalized spacial score (nSPS) is 15.4. The number of sulfonamides is 1. The maximum absolute atomic E-state index is 13.3. The maximum atomic E-state index is 13.3. The highest BCUT2D eigenvalue weighted by atomic mass is 32.2. The lowest BCUT2D eigenvalue weighted by Gasteiger charge is -2.34. The minimum atomic E-state index is -3.76. The molecule has 8 heteroatoms. The number of fused-ring (bicyclic) bond motifs is 1. The van der Waals surface area contributed by atoms with Crippen LogP contribution in [0.1, 0.15) is 12.5 Å². The first-order valence-corrected chi connectivity index (χ1v) is 11.9. The first kappa shape index (κ1) is 21.7. The number of benzene rings is 3. The lowest BCUT2D eigenvalue weighted by atomic mass is 10.2. The molecule has 0 saturated carbocycles. The maximum Gasteiger partial charge on any atom is 0.267 e. The molecular formula is C24H24N2O5S. The number of carbonyl (C=O) groups excluding carboxylic acids is 1. The molecular weight excluding hydrogens is 428 g/mol. The van der Waals surface area contributed by atoms with E-state index in [-0.39, 0.29) is 12.3 Å². The largest absolute Gasteiger partial charge is 0.492 e. The van der Waals surface area contributed by atoms with Gasteiger partial charge in [-0.15, -0.1) is 0 Å². The summed E-state index contributed by atoms with van der Waals surface area (Å²) >= 11 is 0. The minimum Gasteiger partial charge on any atom is -0.492 e. The van der Waals surface area contributed by atoms with Crippen molar-refractivity contribution in [1.82, 2.24) is 0 Å². The lowest BCUT2D eigenvalue weighted by Crippen LogP contribution is -2.49. The van der Waals surface area contributed by atoms with E-state index < -0.39 is 22.0 Å². The van der Waals surface area contributed by atoms with Crippen LogP contribution in [0.5, 0.6) is 11.5 Å². The highest BCUT2D eigenvalue weighted by Crippen LogP contribution is 2.36. The topological polar surface area (TPSA) is 84.9 Å². The number of anilines is 2. The van der Waals surface area contributed by atoms with Gasteiger partial charge < -0.3 is 14.8 Å². The molecule has 1 aliphatic rings. The third-order valence-electron chi connectivity index (χ3n) is 5.00. The lowest BCUT2D eigenvalue weighted by molar-refractivity contribution is -0.122. The highest BCUT2D eigenvalue weighted by Gasteiger charge is 2.36. The predicted octanol–water partition coefficient (Wildman–Crippen LogP) is 3.82. The van der Waals surface area contributed by atoms with E-state index in [1.807, 2.05) is 19.1 Å². The first-order chi connectivity index (χ1) is 15.5. The third kappa shape index (κ3) is 4.70. The Bertz CT molecular complexity index is 1200. The number of hydrogen-bond donors (Lipinski definition) is 1. The van der Waals surface area contributed by atoms with E-state index in [2.05, 4.69) is 5.32 Å². The number of amides is 1. The number of para-hydroxylation sites is 4. The Balaban J connectivity index is 1.60. The summed E-state index contributed by atoms with van der Waals surface area (Å²) in [5, 5.41) is 2.81. The standard InChI is InChI=1S/C24H24N2O5S/c1-2-30-21-14-8-6-12-19(21)25-24(27)23-16-26(20-13-7-9-15-22(20)31-23)32(28,29)17-18-10-4-3-5-11-18/h3-15,23H,2,16-17H2,1H3,(H,25,27). The van der Waals surface area contributed by atoms with Crippen LogP contribution < -0.4 is 19.1 Å². The molecule has 1 heterocycles. The van der Waals surface area contributed by atoms with Crippen LogP contribution in [0.4, 0.5) is 11.4 Å². The highest BCUT2D eigenvalue weighted by molar-refractivity contribution is 7.92. The van der Waals surface area contributed by atoms with Gasteiger partial charge in [0.05, 0.1) is 30.3 Å². The van der Waals surface area contributed by atoms with E-state index in [4.69, 9.17) is 9.47 Å². The van der Waals surface area contributed by atoms with Gasteiger partial charge in [-0.25, -0.2) is 8.42 Å². The number of ether oxygens (including phenoxy) is 2. The van der Waals surface area contributed by atoms with Crippen LogP contribution in [-0.4, -0.2) is 33.6 Å². The van der Waals surface area contributed by atoms with Crippen LogP contribution in [0.15, 0.2) is 78.9 Å². The summed E-state index contributed by atoms with van der Waals surface area (Å²) in [5.74, 6) is 0.247. The molecule has 32 heavy (non-hydrogen) atoms. The monoisotopic (exact) mass is 452 g/mol. The summed E-state index contributed by atoms with van der Waals surface area (Å²) in [5.41, 5.74) is 1.59. The number of carbonyl (C=O) groups is 1. The second-order valence-corrected chi connectivity index (χ2v) is 9.16. The minimum absolute atomic E-state index is 0.130. The van der Waals surface area contributed by atoms with Crippen LogP contribution >= 0.6 is 0 Å². The van der Waals surface area contributed by atoms with Crippen molar-refractivity contribution in [3.05, 3.63) is 84.4 Å². The van der Waals surface area contributed by atoms with Crippen molar-refractivity contribution < 1.29 is 22.7 Å². The SMILES string of the molecule is CCOc1ccccc1NC(=O)C1CN(S(=O)(=O)Cc2ccccc2)c2ccccc2O1. The Labute approximate surface area is 187 Å². The quantitative estimate of drug-likeness (QED) is 0.589. The second-order valence-electron chi connectivity index (χ2n) is 7.27. The van der Waals surface area contributed by atoms with Crippen LogP contribution in [0.3, 0.4) is 0 Å². The van der Waals surface area contributed by atoms with Gasteiger partial charge in [-0.05, 0) is 36.8 Å². The summed E-state index contributed by atoms with van der Waals surface area (Å²) in [7, 11) is -3.76. The molecule has 1 unspecified atom stereocenters. The van der Waals surface area contributed by atoms with Crippen LogP contribution in [-0.2, 0) is 20.6 Å². The fourth-order valence-electron chi connectivity index (χ4n) is 3.53. The summed E-state index contributed by atoms with van der Waals surface area (Å²) in [4.78, 5) is 13.1. The van der Waals surface area contributed by atoms with Crippen molar-refractivity contribution in [2.75, 3.05) is 22.8 Å². The van der Waals surface area contributed by atoms with Crippen molar-refractivity contribution in [1.29, 1.82) is 0 Å². The van der Waals surface area contributed by atoms with Crippen molar-refractivity contribution >= 4 is 27.3 Å². The number of rotatable bonds is 7. The van der Waals surface area contributed by atoms with Gasteiger partial charge in [0, 0.05) is 0 Å². The molecule has 0 radical (unpaired) electrons. The van der Waals surface area contributed by atoms with E-state index >= 15 is 0 Å². The van der Waals surface area contributed by atoms with Crippen molar-refractivity contribution in [3.8, 4) is 11.5 Å². The predicted molar refractivity (Wildman–Crippen MR) is 124 cm³/mol. The zero-order chi connectivity index (χ0) is 22.6. The molecule has 0 saturated heterocycles. The molecule has 166 valence electrons. The molecule has 4 rings (SSSR count). The Kier molecular flexibility index (Phi) is 6.32. The Morgan fingerprint density at radius 1 is 1.03 bits per heavy atom. The van der Waals surface area contributed by atoms with Crippen molar-refractivity contribution in [3.63, 3.8) is 0 Å². The molecule has 1 aliphatic heterocycles. The van der Waals surface area contributed by atoms with Crippen LogP contribution in [0.25, 0.3) is 0 Å². The van der Waals surface area contributed by atoms with Gasteiger partial charge in [0.25, 0.3) is 5.91 Å². The molecule has 0 aromatic heterocycles. The number of nitrogens with one attached hydrogen (secondary N) is 1. The van der Waals surface area contributed by atoms with E-state index in [0.717, 1.165) is 0 Å². The Morgan fingerprint density at radius 2 is 1.72 bits per heavy atom.